The summed E-state index contributed by atoms with van der Waals surface area (Å²) in [5.74, 6) is -0.120. The van der Waals surface area contributed by atoms with Gasteiger partial charge in [-0.25, -0.2) is 0 Å². The first kappa shape index (κ1) is 13.5. The molecule has 0 radical (unpaired) electrons. The van der Waals surface area contributed by atoms with E-state index in [9.17, 15) is 4.79 Å². The van der Waals surface area contributed by atoms with Crippen molar-refractivity contribution in [2.45, 2.75) is 20.8 Å². The van der Waals surface area contributed by atoms with Crippen LogP contribution < -0.4 is 5.32 Å². The second-order valence-corrected chi connectivity index (χ2v) is 5.52. The summed E-state index contributed by atoms with van der Waals surface area (Å²) in [6.45, 7) is 5.77. The number of benzene rings is 1. The monoisotopic (exact) mass is 345 g/mol. The van der Waals surface area contributed by atoms with Crippen LogP contribution in [0.4, 0.5) is 5.69 Å². The first-order chi connectivity index (χ1) is 7.40. The maximum absolute atomic E-state index is 11.6. The van der Waals surface area contributed by atoms with Crippen molar-refractivity contribution in [1.82, 2.24) is 0 Å². The topological polar surface area (TPSA) is 29.1 Å². The van der Waals surface area contributed by atoms with Crippen LogP contribution in [0.15, 0.2) is 32.7 Å². The molecule has 1 amide bonds. The molecule has 0 aliphatic carbocycles. The molecule has 4 heteroatoms. The Bertz CT molecular complexity index is 425. The van der Waals surface area contributed by atoms with Crippen molar-refractivity contribution in [2.24, 2.45) is 0 Å². The van der Waals surface area contributed by atoms with E-state index in [0.29, 0.717) is 0 Å². The van der Waals surface area contributed by atoms with Crippen LogP contribution >= 0.6 is 31.9 Å². The summed E-state index contributed by atoms with van der Waals surface area (Å²) in [4.78, 5) is 11.6. The van der Waals surface area contributed by atoms with Gasteiger partial charge in [-0.15, -0.1) is 0 Å². The van der Waals surface area contributed by atoms with E-state index >= 15 is 0 Å². The number of allylic oxidation sites excluding steroid dienone is 1. The number of carbonyl (C=O) groups excluding carboxylic acids is 1. The molecular weight excluding hydrogens is 334 g/mol. The first-order valence-corrected chi connectivity index (χ1v) is 6.40. The fraction of sp³-hybridized carbons (Fsp3) is 0.250. The molecule has 86 valence electrons. The van der Waals surface area contributed by atoms with E-state index in [4.69, 9.17) is 0 Å². The molecule has 0 aliphatic rings. The number of aryl methyl sites for hydroxylation is 1. The third-order valence-electron chi connectivity index (χ3n) is 1.85. The van der Waals surface area contributed by atoms with Gasteiger partial charge in [0, 0.05) is 15.0 Å². The molecule has 2 nitrogen and oxygen atoms in total. The fourth-order valence-corrected chi connectivity index (χ4v) is 2.85. The lowest BCUT2D eigenvalue weighted by molar-refractivity contribution is -0.111. The van der Waals surface area contributed by atoms with Crippen LogP contribution in [0.1, 0.15) is 19.4 Å². The second kappa shape index (κ2) is 5.64. The van der Waals surface area contributed by atoms with Gasteiger partial charge in [0.1, 0.15) is 0 Å². The van der Waals surface area contributed by atoms with Crippen molar-refractivity contribution >= 4 is 43.5 Å². The van der Waals surface area contributed by atoms with Gasteiger partial charge >= 0.3 is 0 Å². The maximum atomic E-state index is 11.6. The molecule has 0 heterocycles. The lowest BCUT2D eigenvalue weighted by Gasteiger charge is -2.09. The van der Waals surface area contributed by atoms with Crippen LogP contribution in [0.25, 0.3) is 0 Å². The van der Waals surface area contributed by atoms with Crippen molar-refractivity contribution in [3.8, 4) is 0 Å². The number of amides is 1. The normalized spacial score (nSPS) is 9.81. The SMILES string of the molecule is CC(C)=CC(=O)Nc1c(Br)cc(C)cc1Br. The summed E-state index contributed by atoms with van der Waals surface area (Å²) in [7, 11) is 0. The number of rotatable bonds is 2. The molecule has 16 heavy (non-hydrogen) atoms. The summed E-state index contributed by atoms with van der Waals surface area (Å²) >= 11 is 6.85. The third kappa shape index (κ3) is 3.76. The number of hydrogen-bond donors (Lipinski definition) is 1. The number of hydrogen-bond acceptors (Lipinski definition) is 1. The zero-order chi connectivity index (χ0) is 12.3. The van der Waals surface area contributed by atoms with Gasteiger partial charge in [-0.2, -0.15) is 0 Å². The number of anilines is 1. The summed E-state index contributed by atoms with van der Waals surface area (Å²) in [5.41, 5.74) is 2.85. The minimum Gasteiger partial charge on any atom is -0.321 e. The number of carbonyl (C=O) groups is 1. The minimum absolute atomic E-state index is 0.120. The van der Waals surface area contributed by atoms with Crippen molar-refractivity contribution in [2.75, 3.05) is 5.32 Å². The Hall–Kier alpha value is -0.610. The van der Waals surface area contributed by atoms with Crippen molar-refractivity contribution in [3.05, 3.63) is 38.3 Å². The van der Waals surface area contributed by atoms with Gasteiger partial charge < -0.3 is 5.32 Å². The predicted octanol–water partition coefficient (Wildman–Crippen LogP) is 4.42. The average molecular weight is 347 g/mol. The Balaban J connectivity index is 2.98. The van der Waals surface area contributed by atoms with Crippen molar-refractivity contribution in [3.63, 3.8) is 0 Å². The Morgan fingerprint density at radius 2 is 1.75 bits per heavy atom. The molecule has 0 fully saturated rings. The quantitative estimate of drug-likeness (QED) is 0.789. The molecule has 0 aromatic heterocycles. The van der Waals surface area contributed by atoms with Crippen LogP contribution in [0.2, 0.25) is 0 Å². The van der Waals surface area contributed by atoms with Gasteiger partial charge in [-0.05, 0) is 70.3 Å². The summed E-state index contributed by atoms with van der Waals surface area (Å²) in [6.07, 6.45) is 1.57. The third-order valence-corrected chi connectivity index (χ3v) is 3.11. The summed E-state index contributed by atoms with van der Waals surface area (Å²) in [5, 5.41) is 2.83. The molecule has 1 rings (SSSR count). The van der Waals surface area contributed by atoms with E-state index in [0.717, 1.165) is 25.8 Å². The molecule has 0 atom stereocenters. The first-order valence-electron chi connectivity index (χ1n) is 4.81. The van der Waals surface area contributed by atoms with Gasteiger partial charge in [-0.1, -0.05) is 5.57 Å². The zero-order valence-corrected chi connectivity index (χ0v) is 12.6. The largest absolute Gasteiger partial charge is 0.321 e. The van der Waals surface area contributed by atoms with Gasteiger partial charge in [0.15, 0.2) is 0 Å². The highest BCUT2D eigenvalue weighted by atomic mass is 79.9. The Labute approximate surface area is 112 Å². The predicted molar refractivity (Wildman–Crippen MR) is 74.6 cm³/mol. The molecule has 0 aliphatic heterocycles. The highest BCUT2D eigenvalue weighted by Gasteiger charge is 2.08. The number of halogens is 2. The van der Waals surface area contributed by atoms with Gasteiger partial charge in [0.2, 0.25) is 5.91 Å². The second-order valence-electron chi connectivity index (χ2n) is 3.81. The van der Waals surface area contributed by atoms with Gasteiger partial charge in [-0.3, -0.25) is 4.79 Å². The lowest BCUT2D eigenvalue weighted by Crippen LogP contribution is -2.09. The Morgan fingerprint density at radius 3 is 2.19 bits per heavy atom. The highest BCUT2D eigenvalue weighted by Crippen LogP contribution is 2.32. The standard InChI is InChI=1S/C12H13Br2NO/c1-7(2)4-11(16)15-12-9(13)5-8(3)6-10(12)14/h4-6H,1-3H3,(H,15,16). The van der Waals surface area contributed by atoms with Crippen LogP contribution in [0.3, 0.4) is 0 Å². The van der Waals surface area contributed by atoms with Crippen LogP contribution in [-0.4, -0.2) is 5.91 Å². The van der Waals surface area contributed by atoms with Crippen molar-refractivity contribution in [1.29, 1.82) is 0 Å². The summed E-state index contributed by atoms with van der Waals surface area (Å²) < 4.78 is 1.74. The van der Waals surface area contributed by atoms with Gasteiger partial charge in [0.05, 0.1) is 5.69 Å². The zero-order valence-electron chi connectivity index (χ0n) is 9.40. The van der Waals surface area contributed by atoms with Crippen LogP contribution in [0.5, 0.6) is 0 Å². The molecule has 1 N–H and O–H groups in total. The average Bonchev–Trinajstić information content (AvgIpc) is 2.09. The highest BCUT2D eigenvalue weighted by molar-refractivity contribution is 9.11. The van der Waals surface area contributed by atoms with E-state index in [2.05, 4.69) is 37.2 Å². The lowest BCUT2D eigenvalue weighted by atomic mass is 10.2. The molecule has 0 saturated heterocycles. The van der Waals surface area contributed by atoms with E-state index < -0.39 is 0 Å². The molecule has 0 bridgehead atoms. The maximum Gasteiger partial charge on any atom is 0.248 e. The Morgan fingerprint density at radius 1 is 1.25 bits per heavy atom. The van der Waals surface area contributed by atoms with Crippen LogP contribution in [0, 0.1) is 6.92 Å². The minimum atomic E-state index is -0.120. The molecule has 1 aromatic carbocycles. The smallest absolute Gasteiger partial charge is 0.248 e. The molecular formula is C12H13Br2NO. The van der Waals surface area contributed by atoms with E-state index in [1.54, 1.807) is 6.08 Å². The molecule has 1 aromatic rings. The van der Waals surface area contributed by atoms with Gasteiger partial charge in [0.25, 0.3) is 0 Å². The number of nitrogens with one attached hydrogen (secondary N) is 1. The van der Waals surface area contributed by atoms with E-state index in [-0.39, 0.29) is 5.91 Å². The van der Waals surface area contributed by atoms with Crippen molar-refractivity contribution < 1.29 is 4.79 Å². The molecule has 0 unspecified atom stereocenters. The molecule has 0 spiro atoms. The van der Waals surface area contributed by atoms with Crippen LogP contribution in [-0.2, 0) is 4.79 Å². The fourth-order valence-electron chi connectivity index (χ4n) is 1.24. The summed E-state index contributed by atoms with van der Waals surface area (Å²) in [6, 6.07) is 3.92. The van der Waals surface area contributed by atoms with E-state index in [1.165, 1.54) is 0 Å². The Kier molecular flexibility index (Phi) is 4.74. The molecule has 0 saturated carbocycles. The van der Waals surface area contributed by atoms with E-state index in [1.807, 2.05) is 32.9 Å².